The third-order valence-electron chi connectivity index (χ3n) is 5.14. The van der Waals surface area contributed by atoms with E-state index < -0.39 is 23.4 Å². The van der Waals surface area contributed by atoms with E-state index in [1.165, 1.54) is 11.6 Å². The van der Waals surface area contributed by atoms with E-state index in [0.717, 1.165) is 35.7 Å². The van der Waals surface area contributed by atoms with Gasteiger partial charge in [-0.1, -0.05) is 61.9 Å². The lowest BCUT2D eigenvalue weighted by Gasteiger charge is -2.12. The van der Waals surface area contributed by atoms with Crippen molar-refractivity contribution in [1.82, 2.24) is 0 Å². The van der Waals surface area contributed by atoms with Crippen LogP contribution in [0, 0.1) is 11.6 Å². The molecule has 0 N–H and O–H groups in total. The van der Waals surface area contributed by atoms with Gasteiger partial charge >= 0.3 is 6.18 Å². The Kier molecular flexibility index (Phi) is 4.77. The van der Waals surface area contributed by atoms with E-state index in [-0.39, 0.29) is 11.1 Å². The van der Waals surface area contributed by atoms with Crippen molar-refractivity contribution in [3.63, 3.8) is 0 Å². The van der Waals surface area contributed by atoms with E-state index >= 15 is 4.39 Å². The molecule has 0 fully saturated rings. The van der Waals surface area contributed by atoms with Crippen LogP contribution < -0.4 is 0 Å². The molecule has 4 aromatic rings. The zero-order valence-electron chi connectivity index (χ0n) is 15.6. The zero-order chi connectivity index (χ0) is 20.8. The number of benzene rings is 4. The van der Waals surface area contributed by atoms with Gasteiger partial charge in [0.25, 0.3) is 0 Å². The summed E-state index contributed by atoms with van der Waals surface area (Å²) >= 11 is 0. The Labute approximate surface area is 164 Å². The maximum atomic E-state index is 15.2. The van der Waals surface area contributed by atoms with Crippen molar-refractivity contribution in [3.8, 4) is 11.1 Å². The van der Waals surface area contributed by atoms with Gasteiger partial charge in [0, 0.05) is 10.9 Å². The number of fused-ring (bicyclic) bond motifs is 3. The second-order valence-electron chi connectivity index (χ2n) is 7.09. The highest BCUT2D eigenvalue weighted by atomic mass is 19.4. The van der Waals surface area contributed by atoms with Gasteiger partial charge in [0.1, 0.15) is 11.6 Å². The van der Waals surface area contributed by atoms with Crippen LogP contribution in [-0.2, 0) is 12.6 Å². The predicted octanol–water partition coefficient (Wildman–Crippen LogP) is 7.91. The van der Waals surface area contributed by atoms with E-state index in [2.05, 4.69) is 13.0 Å². The smallest absolute Gasteiger partial charge is 0.206 e. The standard InChI is InChI=1S/C24H17F5/c1-2-3-14-4-7-17-15(12-14)5-8-20-19(17)10-9-18(23(20)26)16-6-11-21(22(25)13-16)24(27,28)29/h4-13H,2-3H2,1H3. The lowest BCUT2D eigenvalue weighted by atomic mass is 9.95. The molecule has 4 aromatic carbocycles. The summed E-state index contributed by atoms with van der Waals surface area (Å²) in [6.45, 7) is 2.10. The Morgan fingerprint density at radius 2 is 1.48 bits per heavy atom. The highest BCUT2D eigenvalue weighted by molar-refractivity contribution is 6.08. The summed E-state index contributed by atoms with van der Waals surface area (Å²) < 4.78 is 67.5. The molecule has 5 heteroatoms. The molecule has 0 heterocycles. The summed E-state index contributed by atoms with van der Waals surface area (Å²) in [5.74, 6) is -2.00. The minimum atomic E-state index is -4.79. The molecule has 0 atom stereocenters. The molecule has 0 aliphatic carbocycles. The van der Waals surface area contributed by atoms with Gasteiger partial charge in [-0.3, -0.25) is 0 Å². The number of hydrogen-bond acceptors (Lipinski definition) is 0. The first-order valence-corrected chi connectivity index (χ1v) is 9.30. The molecule has 0 bridgehead atoms. The summed E-state index contributed by atoms with van der Waals surface area (Å²) in [7, 11) is 0. The van der Waals surface area contributed by atoms with Crippen LogP contribution in [0.4, 0.5) is 22.0 Å². The average molecular weight is 400 g/mol. The Bertz CT molecular complexity index is 1220. The van der Waals surface area contributed by atoms with Crippen LogP contribution in [0.25, 0.3) is 32.7 Å². The molecule has 0 aromatic heterocycles. The summed E-state index contributed by atoms with van der Waals surface area (Å²) in [6, 6.07) is 15.2. The Balaban J connectivity index is 1.85. The largest absolute Gasteiger partial charge is 0.419 e. The third-order valence-corrected chi connectivity index (χ3v) is 5.14. The van der Waals surface area contributed by atoms with Gasteiger partial charge in [-0.2, -0.15) is 13.2 Å². The van der Waals surface area contributed by atoms with Crippen molar-refractivity contribution in [1.29, 1.82) is 0 Å². The highest BCUT2D eigenvalue weighted by Crippen LogP contribution is 2.36. The van der Waals surface area contributed by atoms with E-state index in [1.807, 2.05) is 18.2 Å². The molecular weight excluding hydrogens is 383 g/mol. The molecule has 4 rings (SSSR count). The van der Waals surface area contributed by atoms with E-state index in [4.69, 9.17) is 0 Å². The maximum absolute atomic E-state index is 15.2. The van der Waals surface area contributed by atoms with Gasteiger partial charge in [0.2, 0.25) is 0 Å². The molecule has 29 heavy (non-hydrogen) atoms. The van der Waals surface area contributed by atoms with Crippen molar-refractivity contribution in [2.24, 2.45) is 0 Å². The van der Waals surface area contributed by atoms with Crippen LogP contribution >= 0.6 is 0 Å². The molecular formula is C24H17F5. The van der Waals surface area contributed by atoms with Gasteiger partial charge < -0.3 is 0 Å². The highest BCUT2D eigenvalue weighted by Gasteiger charge is 2.34. The SMILES string of the molecule is CCCc1ccc2c(ccc3c(F)c(-c4ccc(C(F)(F)F)c(F)c4)ccc32)c1. The van der Waals surface area contributed by atoms with Crippen molar-refractivity contribution < 1.29 is 22.0 Å². The molecule has 148 valence electrons. The summed E-state index contributed by atoms with van der Waals surface area (Å²) in [6.07, 6.45) is -2.80. The molecule has 0 radical (unpaired) electrons. The van der Waals surface area contributed by atoms with Crippen LogP contribution in [-0.4, -0.2) is 0 Å². The van der Waals surface area contributed by atoms with Crippen molar-refractivity contribution in [2.45, 2.75) is 25.9 Å². The van der Waals surface area contributed by atoms with Crippen molar-refractivity contribution in [2.75, 3.05) is 0 Å². The first kappa shape index (κ1) is 19.4. The summed E-state index contributed by atoms with van der Waals surface area (Å²) in [5.41, 5.74) is -0.0339. The number of hydrogen-bond donors (Lipinski definition) is 0. The Morgan fingerprint density at radius 3 is 2.17 bits per heavy atom. The summed E-state index contributed by atoms with van der Waals surface area (Å²) in [5, 5.41) is 2.94. The topological polar surface area (TPSA) is 0 Å². The van der Waals surface area contributed by atoms with Crippen molar-refractivity contribution >= 4 is 21.5 Å². The molecule has 0 nitrogen and oxygen atoms in total. The normalized spacial score (nSPS) is 12.1. The average Bonchev–Trinajstić information content (AvgIpc) is 2.67. The fraction of sp³-hybridized carbons (Fsp3) is 0.167. The first-order chi connectivity index (χ1) is 13.8. The van der Waals surface area contributed by atoms with Crippen molar-refractivity contribution in [3.05, 3.63) is 83.4 Å². The molecule has 0 spiro atoms. The monoisotopic (exact) mass is 400 g/mol. The first-order valence-electron chi connectivity index (χ1n) is 9.30. The molecule has 0 aliphatic heterocycles. The maximum Gasteiger partial charge on any atom is 0.419 e. The van der Waals surface area contributed by atoms with E-state index in [9.17, 15) is 17.6 Å². The molecule has 0 saturated carbocycles. The number of rotatable bonds is 3. The quantitative estimate of drug-likeness (QED) is 0.242. The van der Waals surface area contributed by atoms with Gasteiger partial charge in [-0.25, -0.2) is 8.78 Å². The predicted molar refractivity (Wildman–Crippen MR) is 106 cm³/mol. The number of aryl methyl sites for hydroxylation is 1. The van der Waals surface area contributed by atoms with Gasteiger partial charge in [-0.15, -0.1) is 0 Å². The lowest BCUT2D eigenvalue weighted by molar-refractivity contribution is -0.139. The number of halogens is 5. The van der Waals surface area contributed by atoms with E-state index in [1.54, 1.807) is 12.1 Å². The van der Waals surface area contributed by atoms with Crippen LogP contribution in [0.2, 0.25) is 0 Å². The van der Waals surface area contributed by atoms with Gasteiger partial charge in [0.05, 0.1) is 5.56 Å². The molecule has 0 aliphatic rings. The molecule has 0 unspecified atom stereocenters. The Hall–Kier alpha value is -2.95. The van der Waals surface area contributed by atoms with Crippen LogP contribution in [0.3, 0.4) is 0 Å². The van der Waals surface area contributed by atoms with Gasteiger partial charge in [-0.05, 0) is 45.8 Å². The third kappa shape index (κ3) is 3.46. The zero-order valence-corrected chi connectivity index (χ0v) is 15.6. The Morgan fingerprint density at radius 1 is 0.759 bits per heavy atom. The fourth-order valence-corrected chi connectivity index (χ4v) is 3.74. The minimum Gasteiger partial charge on any atom is -0.206 e. The van der Waals surface area contributed by atoms with Crippen LogP contribution in [0.1, 0.15) is 24.5 Å². The fourth-order valence-electron chi connectivity index (χ4n) is 3.74. The second kappa shape index (κ2) is 7.14. The second-order valence-corrected chi connectivity index (χ2v) is 7.09. The lowest BCUT2D eigenvalue weighted by Crippen LogP contribution is -2.07. The van der Waals surface area contributed by atoms with E-state index in [0.29, 0.717) is 16.8 Å². The number of alkyl halides is 3. The molecule has 0 amide bonds. The molecule has 0 saturated heterocycles. The van der Waals surface area contributed by atoms with Crippen LogP contribution in [0.5, 0.6) is 0 Å². The minimum absolute atomic E-state index is 0.0621. The van der Waals surface area contributed by atoms with Gasteiger partial charge in [0.15, 0.2) is 0 Å². The van der Waals surface area contributed by atoms with Crippen LogP contribution in [0.15, 0.2) is 60.7 Å². The summed E-state index contributed by atoms with van der Waals surface area (Å²) in [4.78, 5) is 0.